The maximum Gasteiger partial charge on any atom is 0.143 e. The third-order valence-electron chi connectivity index (χ3n) is 1.02. The van der Waals surface area contributed by atoms with Crippen LogP contribution in [0.4, 0.5) is 0 Å². The van der Waals surface area contributed by atoms with Crippen LogP contribution in [-0.4, -0.2) is 5.11 Å². The highest BCUT2D eigenvalue weighted by molar-refractivity contribution is 14.1. The van der Waals surface area contributed by atoms with Crippen LogP contribution in [0.5, 0.6) is 5.75 Å². The molecule has 1 N–H and O–H groups in total. The first-order valence-corrected chi connectivity index (χ1v) is 5.69. The van der Waals surface area contributed by atoms with E-state index in [1.165, 1.54) is 0 Å². The van der Waals surface area contributed by atoms with Crippen LogP contribution in [-0.2, 0) is 0 Å². The first-order chi connectivity index (χ1) is 4.63. The maximum atomic E-state index is 9.37. The molecule has 0 amide bonds. The lowest BCUT2D eigenvalue weighted by molar-refractivity contribution is 0.467. The quantitative estimate of drug-likeness (QED) is 0.455. The fraction of sp³-hybridized carbons (Fsp3) is 0. The predicted octanol–water partition coefficient (Wildman–Crippen LogP) is 3.21. The second-order valence-corrected chi connectivity index (χ2v) is 5.09. The second kappa shape index (κ2) is 3.74. The fourth-order valence-electron chi connectivity index (χ4n) is 0.516. The number of benzene rings is 1. The molecule has 0 saturated carbocycles. The van der Waals surface area contributed by atoms with Gasteiger partial charge in [-0.2, -0.15) is 0 Å². The van der Waals surface area contributed by atoms with Crippen LogP contribution in [0.2, 0.25) is 0 Å². The summed E-state index contributed by atoms with van der Waals surface area (Å²) in [6, 6.07) is 3.89. The molecule has 1 aromatic rings. The van der Waals surface area contributed by atoms with E-state index in [1.54, 1.807) is 0 Å². The first kappa shape index (κ1) is 9.30. The van der Waals surface area contributed by atoms with E-state index in [-0.39, 0.29) is 0 Å². The average Bonchev–Trinajstić information content (AvgIpc) is 1.93. The molecule has 10 heavy (non-hydrogen) atoms. The third-order valence-corrected chi connectivity index (χ3v) is 4.91. The van der Waals surface area contributed by atoms with Crippen LogP contribution in [0, 0.1) is 10.7 Å². The maximum absolute atomic E-state index is 9.37. The Morgan fingerprint density at radius 1 is 1.00 bits per heavy atom. The Balaban J connectivity index is 3.34. The van der Waals surface area contributed by atoms with Gasteiger partial charge in [-0.25, -0.2) is 0 Å². The number of hydrogen-bond acceptors (Lipinski definition) is 1. The van der Waals surface area contributed by atoms with Crippen molar-refractivity contribution in [3.05, 3.63) is 22.8 Å². The van der Waals surface area contributed by atoms with Crippen molar-refractivity contribution in [3.63, 3.8) is 0 Å². The minimum Gasteiger partial charge on any atom is -0.506 e. The number of phenolic OH excluding ortho intramolecular Hbond substituents is 1. The second-order valence-electron chi connectivity index (χ2n) is 1.69. The monoisotopic (exact) mass is 472 g/mol. The Kier molecular flexibility index (Phi) is 3.48. The highest BCUT2D eigenvalue weighted by atomic mass is 127. The van der Waals surface area contributed by atoms with Crippen LogP contribution >= 0.6 is 67.8 Å². The van der Waals surface area contributed by atoms with E-state index >= 15 is 0 Å². The molecular formula is C6H3I3O. The van der Waals surface area contributed by atoms with E-state index in [1.807, 2.05) is 12.1 Å². The fourth-order valence-corrected chi connectivity index (χ4v) is 2.39. The number of phenols is 1. The van der Waals surface area contributed by atoms with E-state index in [9.17, 15) is 5.11 Å². The highest BCUT2D eigenvalue weighted by Crippen LogP contribution is 2.29. The highest BCUT2D eigenvalue weighted by Gasteiger charge is 2.04. The molecule has 0 aromatic heterocycles. The lowest BCUT2D eigenvalue weighted by Gasteiger charge is -2.00. The minimum absolute atomic E-state index is 0.396. The lowest BCUT2D eigenvalue weighted by Crippen LogP contribution is -1.82. The van der Waals surface area contributed by atoms with Crippen molar-refractivity contribution in [1.82, 2.24) is 0 Å². The van der Waals surface area contributed by atoms with Crippen molar-refractivity contribution >= 4 is 67.8 Å². The Hall–Kier alpha value is 1.21. The molecule has 1 aromatic carbocycles. The molecule has 54 valence electrons. The molecule has 0 saturated heterocycles. The van der Waals surface area contributed by atoms with Crippen molar-refractivity contribution in [2.45, 2.75) is 0 Å². The van der Waals surface area contributed by atoms with Crippen LogP contribution in [0.1, 0.15) is 0 Å². The summed E-state index contributed by atoms with van der Waals surface area (Å²) >= 11 is 6.44. The summed E-state index contributed by atoms with van der Waals surface area (Å²) in [6.07, 6.45) is 0. The standard InChI is InChI=1S/C6H3I3O/c7-3-1-2-4(8)6(10)5(3)9/h1-2,10H. The van der Waals surface area contributed by atoms with Gasteiger partial charge in [0, 0.05) is 3.57 Å². The van der Waals surface area contributed by atoms with Crippen molar-refractivity contribution in [2.24, 2.45) is 0 Å². The molecule has 0 heterocycles. The molecule has 4 heteroatoms. The van der Waals surface area contributed by atoms with Crippen molar-refractivity contribution in [3.8, 4) is 5.75 Å². The van der Waals surface area contributed by atoms with Gasteiger partial charge in [0.1, 0.15) is 5.75 Å². The summed E-state index contributed by atoms with van der Waals surface area (Å²) in [5, 5.41) is 9.37. The molecule has 0 aliphatic heterocycles. The summed E-state index contributed by atoms with van der Waals surface area (Å²) in [5.41, 5.74) is 0. The summed E-state index contributed by atoms with van der Waals surface area (Å²) in [4.78, 5) is 0. The van der Waals surface area contributed by atoms with E-state index in [4.69, 9.17) is 0 Å². The molecule has 0 radical (unpaired) electrons. The van der Waals surface area contributed by atoms with Gasteiger partial charge >= 0.3 is 0 Å². The number of aromatic hydroxyl groups is 1. The number of hydrogen-bond donors (Lipinski definition) is 1. The smallest absolute Gasteiger partial charge is 0.143 e. The summed E-state index contributed by atoms with van der Waals surface area (Å²) in [6.45, 7) is 0. The Labute approximate surface area is 100 Å². The molecule has 0 aliphatic carbocycles. The average molecular weight is 472 g/mol. The Bertz CT molecular complexity index is 232. The molecule has 0 atom stereocenters. The van der Waals surface area contributed by atoms with E-state index < -0.39 is 0 Å². The van der Waals surface area contributed by atoms with Gasteiger partial charge < -0.3 is 5.11 Å². The molecule has 0 bridgehead atoms. The van der Waals surface area contributed by atoms with Crippen LogP contribution in [0.15, 0.2) is 12.1 Å². The molecule has 0 fully saturated rings. The summed E-state index contributed by atoms with van der Waals surface area (Å²) < 4.78 is 2.93. The number of halogens is 3. The van der Waals surface area contributed by atoms with Crippen molar-refractivity contribution < 1.29 is 5.11 Å². The Morgan fingerprint density at radius 2 is 1.50 bits per heavy atom. The normalized spacial score (nSPS) is 9.90. The molecule has 1 nitrogen and oxygen atoms in total. The van der Waals surface area contributed by atoms with Crippen molar-refractivity contribution in [1.29, 1.82) is 0 Å². The lowest BCUT2D eigenvalue weighted by atomic mass is 10.3. The molecule has 0 spiro atoms. The van der Waals surface area contributed by atoms with Gasteiger partial charge in [-0.1, -0.05) is 0 Å². The van der Waals surface area contributed by atoms with Crippen LogP contribution in [0.3, 0.4) is 0 Å². The molecule has 0 unspecified atom stereocenters. The molecule has 1 rings (SSSR count). The zero-order valence-corrected chi connectivity index (χ0v) is 11.2. The summed E-state index contributed by atoms with van der Waals surface area (Å²) in [5.74, 6) is 0.396. The van der Waals surface area contributed by atoms with Gasteiger partial charge in [-0.05, 0) is 79.9 Å². The van der Waals surface area contributed by atoms with E-state index in [0.29, 0.717) is 5.75 Å². The van der Waals surface area contributed by atoms with Gasteiger partial charge in [-0.3, -0.25) is 0 Å². The topological polar surface area (TPSA) is 20.2 Å². The van der Waals surface area contributed by atoms with E-state index in [0.717, 1.165) is 10.7 Å². The van der Waals surface area contributed by atoms with Crippen LogP contribution in [0.25, 0.3) is 0 Å². The predicted molar refractivity (Wildman–Crippen MR) is 66.3 cm³/mol. The SMILES string of the molecule is Oc1c(I)ccc(I)c1I. The zero-order chi connectivity index (χ0) is 7.72. The minimum atomic E-state index is 0.396. The van der Waals surface area contributed by atoms with E-state index in [2.05, 4.69) is 67.8 Å². The largest absolute Gasteiger partial charge is 0.506 e. The zero-order valence-electron chi connectivity index (χ0n) is 4.74. The van der Waals surface area contributed by atoms with Gasteiger partial charge in [0.15, 0.2) is 0 Å². The van der Waals surface area contributed by atoms with Crippen LogP contribution < -0.4 is 0 Å². The summed E-state index contributed by atoms with van der Waals surface area (Å²) in [7, 11) is 0. The van der Waals surface area contributed by atoms with Gasteiger partial charge in [0.25, 0.3) is 0 Å². The van der Waals surface area contributed by atoms with Gasteiger partial charge in [0.05, 0.1) is 7.14 Å². The third kappa shape index (κ3) is 1.87. The van der Waals surface area contributed by atoms with Crippen molar-refractivity contribution in [2.75, 3.05) is 0 Å². The molecular weight excluding hydrogens is 469 g/mol. The Morgan fingerprint density at radius 3 is 2.00 bits per heavy atom. The van der Waals surface area contributed by atoms with Gasteiger partial charge in [-0.15, -0.1) is 0 Å². The van der Waals surface area contributed by atoms with Gasteiger partial charge in [0.2, 0.25) is 0 Å². The molecule has 0 aliphatic rings. The number of rotatable bonds is 0. The first-order valence-electron chi connectivity index (χ1n) is 2.45.